The Bertz CT molecular complexity index is 7370. The molecule has 6 aliphatic heterocycles. The van der Waals surface area contributed by atoms with Crippen LogP contribution in [0.15, 0.2) is 114 Å². The van der Waals surface area contributed by atoms with E-state index in [9.17, 15) is 83.3 Å². The molecule has 30 heteroatoms. The average molecular weight is 2020 g/mol. The second-order valence-electron chi connectivity index (χ2n) is 35.6. The fourth-order valence-electron chi connectivity index (χ4n) is 16.4. The van der Waals surface area contributed by atoms with Crippen molar-refractivity contribution >= 4 is 60.0 Å². The van der Waals surface area contributed by atoms with Gasteiger partial charge in [-0.2, -0.15) is 0 Å². The number of esters is 2. The molecular formula is C109H171N6O23P. The van der Waals surface area contributed by atoms with Crippen molar-refractivity contribution in [3.05, 3.63) is 114 Å². The van der Waals surface area contributed by atoms with Gasteiger partial charge in [0.05, 0.1) is 70.6 Å². The van der Waals surface area contributed by atoms with E-state index in [0.29, 0.717) is 84.8 Å². The topological polar surface area (TPSA) is 363 Å². The first-order valence-corrected chi connectivity index (χ1v) is 47.8. The summed E-state index contributed by atoms with van der Waals surface area (Å²) < 4.78 is 563. The van der Waals surface area contributed by atoms with E-state index in [1.807, 2.05) is 38.2 Å². The molecule has 780 valence electrons. The number of tetrazole rings is 1. The molecule has 0 radical (unpaired) electrons. The number of ketones is 5. The fraction of sp³-hybridized carbons (Fsp3) is 0.743. The smallest absolute Gasteiger partial charge is 0.329 e. The maximum atomic E-state index is 16.3. The number of rotatable bonds is 15. The van der Waals surface area contributed by atoms with Crippen LogP contribution in [0.25, 0.3) is 0 Å². The summed E-state index contributed by atoms with van der Waals surface area (Å²) >= 11 is 0. The number of methoxy groups -OCH3 is 6. The number of amides is 2. The SMILES string of the molecule is C=C1[C@H](C)C[C@H](C)/C=C/C=C/C=C(\C)[C@@H](OC)C[C@@H]2CC[C@@H](C)[C@@](O)(O2)C(=O)C(=O)N2CCCC[C@H]2C(=O)O[C@H]([C@H](C)C[C@@H]2CC[C@@H](OP(C)(C)=O)[C@H](OC)C2)CC(=O)[C@H](C)/C=C(\C)[C@@H](O)[C@H]1OC.[2H]C[C@]1([2H])/C(C)=C(\[2H])[C@@]([2H])(C)C(=O)C([2H])([2H])[C@@]([2H])([C@]([2H])(C)C([2H])([2H])[C@]2([2H])C([2H])([2H])C([2H])([2H])[C@]([2H])(n3nnnc3[2H])[C@]([2H])(OC)C2([2H])[2H])OC(=O)[C@@]2([2H])N(C(=O)C(=O)[C@]3(C)O[C@@]([2H])(C([2H])([2H])C([2H])([2H])[C@@]3([2H])C)C([2H])([2H])[C@]([2H])(OC([2H])([2H])[2H])/C(C([2H])([2H])[2H])=C([2H])/C([2H])=C([2H])/C([2H])=C(\[2H])[C@@]([2H])(C)C([2H])(C)[C@@]([2H])(C)C(=O)[C@]1([2H])OC)C([2H])([2H])C([2H])([2H])C([2H])([2H])C2([2H])[2H]. The van der Waals surface area contributed by atoms with Crippen LogP contribution >= 0.6 is 7.37 Å². The highest BCUT2D eigenvalue weighted by Gasteiger charge is 2.55. The lowest BCUT2D eigenvalue weighted by molar-refractivity contribution is -0.265. The number of piperidine rings is 2. The molecule has 2 aliphatic carbocycles. The van der Waals surface area contributed by atoms with Crippen LogP contribution in [0.2, 0.25) is 0 Å². The monoisotopic (exact) mass is 2020 g/mol. The molecule has 139 heavy (non-hydrogen) atoms. The Labute approximate surface area is 903 Å². The molecule has 1 unspecified atom stereocenters. The summed E-state index contributed by atoms with van der Waals surface area (Å²) in [7, 11) is -2.30. The maximum absolute atomic E-state index is 16.3. The van der Waals surface area contributed by atoms with E-state index >= 15 is 24.0 Å². The predicted octanol–water partition coefficient (Wildman–Crippen LogP) is 17.4. The summed E-state index contributed by atoms with van der Waals surface area (Å²) in [6, 6.07) is -24.9. The van der Waals surface area contributed by atoms with E-state index in [2.05, 4.69) is 46.8 Å². The van der Waals surface area contributed by atoms with Gasteiger partial charge in [0, 0.05) is 173 Å². The Morgan fingerprint density at radius 3 is 2.16 bits per heavy atom. The molecule has 29 nitrogen and oxygen atoms in total. The molecule has 4 saturated heterocycles. The molecule has 8 aliphatic rings. The van der Waals surface area contributed by atoms with E-state index in [4.69, 9.17) is 70.5 Å². The molecular weight excluding hydrogens is 1790 g/mol. The van der Waals surface area contributed by atoms with Crippen molar-refractivity contribution in [2.45, 2.75) is 367 Å². The number of carbonyl (C=O) groups excluding carboxylic acids is 9. The highest BCUT2D eigenvalue weighted by Crippen LogP contribution is 2.47. The summed E-state index contributed by atoms with van der Waals surface area (Å²) in [5.74, 6) is -59.0. The van der Waals surface area contributed by atoms with Crippen LogP contribution in [0.5, 0.6) is 0 Å². The van der Waals surface area contributed by atoms with Gasteiger partial charge in [0.15, 0.2) is 13.2 Å². The molecule has 1 aromatic rings. The zero-order chi connectivity index (χ0) is 150. The summed E-state index contributed by atoms with van der Waals surface area (Å²) in [6.07, 6.45) is -73.8. The van der Waals surface area contributed by atoms with Crippen LogP contribution in [0.3, 0.4) is 0 Å². The molecule has 2 amide bonds. The number of cyclic esters (lactones) is 2. The Kier molecular flexibility index (Phi) is 24.1. The minimum atomic E-state index is -6.11. The molecule has 0 spiro atoms. The van der Waals surface area contributed by atoms with Crippen LogP contribution in [-0.4, -0.2) is 258 Å². The normalized spacial score (nSPS) is 58.0. The molecule has 2 saturated carbocycles. The molecule has 7 heterocycles. The molecule has 1 aromatic heterocycles. The number of aromatic nitrogens is 4. The van der Waals surface area contributed by atoms with Gasteiger partial charge in [-0.3, -0.25) is 38.1 Å². The summed E-state index contributed by atoms with van der Waals surface area (Å²) in [4.78, 5) is 136. The first kappa shape index (κ1) is 61.3. The molecule has 4 bridgehead atoms. The molecule has 0 aromatic carbocycles. The lowest BCUT2D eigenvalue weighted by Crippen LogP contribution is -2.61. The van der Waals surface area contributed by atoms with Crippen molar-refractivity contribution in [1.29, 1.82) is 0 Å². The van der Waals surface area contributed by atoms with Crippen molar-refractivity contribution in [3.63, 3.8) is 0 Å². The Hall–Kier alpha value is -7.25. The number of allylic oxidation sites excluding steroid dienone is 12. The number of aliphatic hydroxyl groups excluding tert-OH is 1. The molecule has 2 N–H and O–H groups in total. The summed E-state index contributed by atoms with van der Waals surface area (Å²) in [6.45, 7) is 8.85. The number of hydrogen-bond acceptors (Lipinski definition) is 26. The van der Waals surface area contributed by atoms with E-state index in [-0.39, 0.29) is 95.9 Å². The van der Waals surface area contributed by atoms with Gasteiger partial charge in [-0.1, -0.05) is 168 Å². The van der Waals surface area contributed by atoms with Crippen LogP contribution in [0, 0.1) is 82.7 Å². The van der Waals surface area contributed by atoms with Gasteiger partial charge in [0.1, 0.15) is 67.4 Å². The number of nitrogens with zero attached hydrogens (tertiary/aromatic N) is 6. The van der Waals surface area contributed by atoms with Crippen molar-refractivity contribution in [1.82, 2.24) is 30.0 Å². The van der Waals surface area contributed by atoms with Gasteiger partial charge in [0.25, 0.3) is 23.4 Å². The molecule has 31 atom stereocenters. The number of aliphatic hydroxyl groups is 2. The Balaban J connectivity index is 0.000000536. The maximum Gasteiger partial charge on any atom is 0.329 e. The van der Waals surface area contributed by atoms with Gasteiger partial charge in [-0.25, -0.2) is 14.3 Å². The third-order valence-corrected chi connectivity index (χ3v) is 25.9. The van der Waals surface area contributed by atoms with Gasteiger partial charge in [0.2, 0.25) is 5.79 Å². The van der Waals surface area contributed by atoms with Crippen molar-refractivity contribution in [2.24, 2.45) is 82.7 Å². The standard InChI is InChI=1S/C55H85N5O10.C54H86NO13P/c1-33-19-15-14-16-20-34(2)47(66-11)30-43-24-22-38(6)55(10,70-43)52(63)53(64)59-26-18-17-21-45(59)54(65)69-48(37(5)28-42-23-25-44(49(29-42)67-12)60-32-56-57-58-60)31-46(61)36(4)27-35(3)40(8)51(68-13)50(62)41(9)39(33)7;1-33-19-15-14-16-20-34(2)46(63-9)31-42-24-22-39(7)54(61,67-42)51(58)52(59)55-26-18-17-21-43(55)53(60)66-47(37(5)29-41-23-25-45(48(30-41)64-10)68-69(12,13)62)32-44(56)36(4)28-38(6)49(57)50(65-11)40(8)35(3)27-33/h14-16,19-20,27,32-33,36-45,47-49,51H,17-18,21-26,28-31H2,1-13H3;14-16,19-20,28,33,35-37,39,41-43,45-50,57,61H,8,17-18,21-27,29-32H2,1-7,9-13H3/b16-14+,19-15+,34-20+,35-27+;16-14+,19-15+,34-20+,38-28+/t33-,36-,37-,38-,39?,40-,41-,42+,43+,44+,45+,47+,48+,49-,51-,55-;33-,35-,36-,37-,39-,41+,42+,43+,45-,46+,47+,48-,49-,50+,54-/m11/s1/i2D3,8D,11D3,14D,15D,16D,17D2,18D2,19D,20D,21D2,22D2,23D2,24D2,25D2,26D2,27D,28D2,29D2,30D2,31D2,32D,33D,36D,37D,38D,39D,40D,41D,42D,43D,44D,45D,47D,48D,49D,51D;. The largest absolute Gasteiger partial charge is 0.460 e. The number of fused-ring (bicyclic) bond motifs is 6. The zero-order valence-corrected chi connectivity index (χ0v) is 83.6. The second kappa shape index (κ2) is 54.6. The summed E-state index contributed by atoms with van der Waals surface area (Å²) in [5.41, 5.74) is -7.19. The van der Waals surface area contributed by atoms with Crippen molar-refractivity contribution in [2.75, 3.05) is 69.0 Å². The van der Waals surface area contributed by atoms with Gasteiger partial charge >= 0.3 is 11.9 Å². The Morgan fingerprint density at radius 2 is 1.49 bits per heavy atom. The van der Waals surface area contributed by atoms with Gasteiger partial charge < -0.3 is 71.9 Å². The quantitative estimate of drug-likeness (QED) is 0.0713. The number of carbonyl (C=O) groups is 9. The van der Waals surface area contributed by atoms with Crippen LogP contribution in [0.4, 0.5) is 0 Å². The van der Waals surface area contributed by atoms with Gasteiger partial charge in [-0.05, 0) is 242 Å². The van der Waals surface area contributed by atoms with E-state index in [0.717, 1.165) is 24.0 Å². The number of ether oxygens (including phenoxy) is 10. The predicted molar refractivity (Wildman–Crippen MR) is 535 cm³/mol. The highest BCUT2D eigenvalue weighted by molar-refractivity contribution is 7.57. The molecule has 6 fully saturated rings. The lowest BCUT2D eigenvalue weighted by Gasteiger charge is -2.44. The van der Waals surface area contributed by atoms with E-state index in [1.165, 1.54) is 12.0 Å². The van der Waals surface area contributed by atoms with Crippen LogP contribution < -0.4 is 0 Å². The molecule has 9 rings (SSSR count). The summed E-state index contributed by atoms with van der Waals surface area (Å²) in [5, 5.41) is 32.8. The minimum Gasteiger partial charge on any atom is -0.460 e. The van der Waals surface area contributed by atoms with Crippen molar-refractivity contribution < 1.29 is 182 Å². The average Bonchev–Trinajstić information content (AvgIpc) is 0.883. The number of Topliss-reactive ketones (excluding diaryl/α,β-unsaturated/α-hetero) is 5. The zero-order valence-electron chi connectivity index (χ0n) is 136. The number of hydrogen-bond donors (Lipinski definition) is 2. The lowest BCUT2D eigenvalue weighted by atomic mass is 9.77. The first-order valence-electron chi connectivity index (χ1n) is 72.0. The van der Waals surface area contributed by atoms with Crippen LogP contribution in [0.1, 0.15) is 343 Å². The van der Waals surface area contributed by atoms with Crippen molar-refractivity contribution in [3.8, 4) is 0 Å². The van der Waals surface area contributed by atoms with Crippen LogP contribution in [-0.2, 0) is 99.6 Å². The highest BCUT2D eigenvalue weighted by atomic mass is 31.2. The third kappa shape index (κ3) is 31.9. The first-order chi connectivity index (χ1) is 85.9. The Morgan fingerprint density at radius 1 is 0.748 bits per heavy atom. The fourth-order valence-corrected chi connectivity index (χ4v) is 17.3. The van der Waals surface area contributed by atoms with Gasteiger partial charge in [-0.15, -0.1) is 5.10 Å². The van der Waals surface area contributed by atoms with E-state index < -0.39 is 371 Å². The minimum absolute atomic E-state index is 0.00672. The van der Waals surface area contributed by atoms with E-state index in [1.54, 1.807) is 54.4 Å². The second-order valence-corrected chi connectivity index (χ2v) is 38.3. The third-order valence-electron chi connectivity index (χ3n) is 25.1.